The average molecular weight is 276 g/mol. The molecule has 0 amide bonds. The van der Waals surface area contributed by atoms with E-state index in [1.54, 1.807) is 24.3 Å². The first kappa shape index (κ1) is 16.5. The lowest BCUT2D eigenvalue weighted by Crippen LogP contribution is -2.35. The Morgan fingerprint density at radius 2 is 2.15 bits per heavy atom. The van der Waals surface area contributed by atoms with Crippen molar-refractivity contribution in [1.29, 1.82) is 5.26 Å². The largest absolute Gasteiger partial charge is 0.491 e. The van der Waals surface area contributed by atoms with Crippen LogP contribution in [0.1, 0.15) is 25.8 Å². The highest BCUT2D eigenvalue weighted by atomic mass is 16.5. The van der Waals surface area contributed by atoms with Crippen molar-refractivity contribution < 1.29 is 9.84 Å². The molecule has 0 saturated heterocycles. The van der Waals surface area contributed by atoms with Crippen LogP contribution in [0.2, 0.25) is 0 Å². The van der Waals surface area contributed by atoms with Gasteiger partial charge in [0.1, 0.15) is 18.5 Å². The van der Waals surface area contributed by atoms with Crippen molar-refractivity contribution in [2.75, 3.05) is 26.7 Å². The van der Waals surface area contributed by atoms with Crippen molar-refractivity contribution in [3.05, 3.63) is 29.8 Å². The number of nitrogens with zero attached hydrogens (tertiary/aromatic N) is 2. The van der Waals surface area contributed by atoms with Crippen molar-refractivity contribution >= 4 is 0 Å². The Labute approximate surface area is 121 Å². The second-order valence-corrected chi connectivity index (χ2v) is 5.34. The highest BCUT2D eigenvalue weighted by Crippen LogP contribution is 2.13. The van der Waals surface area contributed by atoms with Gasteiger partial charge in [0.25, 0.3) is 0 Å². The molecule has 2 atom stereocenters. The van der Waals surface area contributed by atoms with Crippen molar-refractivity contribution in [2.45, 2.75) is 26.4 Å². The molecule has 1 aromatic carbocycles. The maximum absolute atomic E-state index is 9.96. The van der Waals surface area contributed by atoms with E-state index in [-0.39, 0.29) is 6.61 Å². The summed E-state index contributed by atoms with van der Waals surface area (Å²) in [5.41, 5.74) is 0.561. The van der Waals surface area contributed by atoms with E-state index in [2.05, 4.69) is 24.8 Å². The Hall–Kier alpha value is -1.57. The summed E-state index contributed by atoms with van der Waals surface area (Å²) >= 11 is 0. The normalized spacial score (nSPS) is 13.8. The van der Waals surface area contributed by atoms with Gasteiger partial charge in [0.15, 0.2) is 0 Å². The van der Waals surface area contributed by atoms with Crippen LogP contribution in [0.15, 0.2) is 24.3 Å². The lowest BCUT2D eigenvalue weighted by atomic mass is 10.1. The molecule has 1 rings (SSSR count). The van der Waals surface area contributed by atoms with E-state index >= 15 is 0 Å². The minimum atomic E-state index is -0.533. The minimum Gasteiger partial charge on any atom is -0.491 e. The first-order valence-electron chi connectivity index (χ1n) is 7.04. The van der Waals surface area contributed by atoms with Crippen LogP contribution >= 0.6 is 0 Å². The van der Waals surface area contributed by atoms with Gasteiger partial charge in [-0.1, -0.05) is 26.3 Å². The van der Waals surface area contributed by atoms with Crippen LogP contribution in [0, 0.1) is 17.2 Å². The van der Waals surface area contributed by atoms with Crippen LogP contribution in [0.5, 0.6) is 5.75 Å². The second kappa shape index (κ2) is 8.57. The third kappa shape index (κ3) is 6.05. The van der Waals surface area contributed by atoms with E-state index in [9.17, 15) is 5.11 Å². The van der Waals surface area contributed by atoms with Crippen molar-refractivity contribution in [2.24, 2.45) is 5.92 Å². The molecule has 110 valence electrons. The van der Waals surface area contributed by atoms with Gasteiger partial charge in [-0.05, 0) is 31.2 Å². The molecular weight excluding hydrogens is 252 g/mol. The van der Waals surface area contributed by atoms with E-state index in [1.807, 2.05) is 7.05 Å². The van der Waals surface area contributed by atoms with E-state index in [4.69, 9.17) is 10.00 Å². The predicted octanol–water partition coefficient (Wildman–Crippen LogP) is 2.28. The Bertz CT molecular complexity index is 442. The molecule has 1 N–H and O–H groups in total. The summed E-state index contributed by atoms with van der Waals surface area (Å²) in [6.07, 6.45) is 0.604. The molecule has 4 nitrogen and oxygen atoms in total. The number of aliphatic hydroxyl groups excluding tert-OH is 1. The number of hydrogen-bond donors (Lipinski definition) is 1. The van der Waals surface area contributed by atoms with Gasteiger partial charge in [-0.3, -0.25) is 0 Å². The molecule has 2 unspecified atom stereocenters. The fourth-order valence-corrected chi connectivity index (χ4v) is 2.00. The second-order valence-electron chi connectivity index (χ2n) is 5.34. The molecule has 0 aliphatic rings. The van der Waals surface area contributed by atoms with Crippen LogP contribution in [-0.2, 0) is 0 Å². The van der Waals surface area contributed by atoms with E-state index < -0.39 is 6.10 Å². The molecule has 0 heterocycles. The van der Waals surface area contributed by atoms with Gasteiger partial charge in [-0.15, -0.1) is 0 Å². The SMILES string of the molecule is CCC(C)CN(C)CC(O)COc1cccc(C#N)c1. The lowest BCUT2D eigenvalue weighted by Gasteiger charge is -2.23. The summed E-state index contributed by atoms with van der Waals surface area (Å²) in [4.78, 5) is 2.12. The van der Waals surface area contributed by atoms with Gasteiger partial charge >= 0.3 is 0 Å². The number of benzene rings is 1. The van der Waals surface area contributed by atoms with E-state index in [1.165, 1.54) is 0 Å². The molecule has 0 aliphatic carbocycles. The average Bonchev–Trinajstić information content (AvgIpc) is 2.45. The zero-order valence-corrected chi connectivity index (χ0v) is 12.5. The Morgan fingerprint density at radius 1 is 1.40 bits per heavy atom. The summed E-state index contributed by atoms with van der Waals surface area (Å²) in [7, 11) is 2.01. The number of hydrogen-bond acceptors (Lipinski definition) is 4. The Kier molecular flexibility index (Phi) is 7.06. The monoisotopic (exact) mass is 276 g/mol. The first-order valence-corrected chi connectivity index (χ1v) is 7.04. The molecule has 0 radical (unpaired) electrons. The van der Waals surface area contributed by atoms with Gasteiger partial charge in [-0.2, -0.15) is 5.26 Å². The Morgan fingerprint density at radius 3 is 2.80 bits per heavy atom. The maximum Gasteiger partial charge on any atom is 0.120 e. The number of nitriles is 1. The van der Waals surface area contributed by atoms with Crippen LogP contribution in [-0.4, -0.2) is 42.9 Å². The van der Waals surface area contributed by atoms with Crippen molar-refractivity contribution in [3.63, 3.8) is 0 Å². The molecule has 0 fully saturated rings. The molecule has 0 spiro atoms. The van der Waals surface area contributed by atoms with Gasteiger partial charge in [0.05, 0.1) is 11.6 Å². The third-order valence-corrected chi connectivity index (χ3v) is 3.25. The summed E-state index contributed by atoms with van der Waals surface area (Å²) in [6.45, 7) is 6.16. The van der Waals surface area contributed by atoms with E-state index in [0.717, 1.165) is 13.0 Å². The highest BCUT2D eigenvalue weighted by Gasteiger charge is 2.11. The lowest BCUT2D eigenvalue weighted by molar-refractivity contribution is 0.0723. The Balaban J connectivity index is 2.35. The number of ether oxygens (including phenoxy) is 1. The molecular formula is C16H24N2O2. The fourth-order valence-electron chi connectivity index (χ4n) is 2.00. The molecule has 0 bridgehead atoms. The topological polar surface area (TPSA) is 56.5 Å². The van der Waals surface area contributed by atoms with Crippen LogP contribution < -0.4 is 4.74 Å². The number of rotatable bonds is 8. The summed E-state index contributed by atoms with van der Waals surface area (Å²) < 4.78 is 5.51. The van der Waals surface area contributed by atoms with Gasteiger partial charge in [0, 0.05) is 13.1 Å². The van der Waals surface area contributed by atoms with Gasteiger partial charge in [-0.25, -0.2) is 0 Å². The fraction of sp³-hybridized carbons (Fsp3) is 0.562. The summed E-state index contributed by atoms with van der Waals surface area (Å²) in [6, 6.07) is 9.03. The molecule has 1 aromatic rings. The van der Waals surface area contributed by atoms with Gasteiger partial charge < -0.3 is 14.7 Å². The molecule has 20 heavy (non-hydrogen) atoms. The van der Waals surface area contributed by atoms with Gasteiger partial charge in [0.2, 0.25) is 0 Å². The van der Waals surface area contributed by atoms with Crippen LogP contribution in [0.4, 0.5) is 0 Å². The molecule has 0 aromatic heterocycles. The van der Waals surface area contributed by atoms with Crippen molar-refractivity contribution in [3.8, 4) is 11.8 Å². The molecule has 0 saturated carbocycles. The minimum absolute atomic E-state index is 0.236. The van der Waals surface area contributed by atoms with Crippen LogP contribution in [0.3, 0.4) is 0 Å². The zero-order chi connectivity index (χ0) is 15.0. The quantitative estimate of drug-likeness (QED) is 0.791. The molecule has 4 heteroatoms. The smallest absolute Gasteiger partial charge is 0.120 e. The van der Waals surface area contributed by atoms with Crippen molar-refractivity contribution in [1.82, 2.24) is 4.90 Å². The standard InChI is InChI=1S/C16H24N2O2/c1-4-13(2)10-18(3)11-15(19)12-20-16-7-5-6-14(8-16)9-17/h5-8,13,15,19H,4,10-12H2,1-3H3. The van der Waals surface area contributed by atoms with Crippen LogP contribution in [0.25, 0.3) is 0 Å². The summed E-state index contributed by atoms with van der Waals surface area (Å²) in [5, 5.41) is 18.8. The number of aliphatic hydroxyl groups is 1. The summed E-state index contributed by atoms with van der Waals surface area (Å²) in [5.74, 6) is 1.24. The third-order valence-electron chi connectivity index (χ3n) is 3.25. The highest BCUT2D eigenvalue weighted by molar-refractivity contribution is 5.36. The first-order chi connectivity index (χ1) is 9.55. The zero-order valence-electron chi connectivity index (χ0n) is 12.5. The molecule has 0 aliphatic heterocycles. The maximum atomic E-state index is 9.96. The number of likely N-dealkylation sites (N-methyl/N-ethyl adjacent to an activating group) is 1. The van der Waals surface area contributed by atoms with E-state index in [0.29, 0.717) is 23.8 Å². The predicted molar refractivity (Wildman–Crippen MR) is 79.6 cm³/mol.